The van der Waals surface area contributed by atoms with Crippen LogP contribution in [0.4, 0.5) is 24.5 Å². The Labute approximate surface area is 166 Å². The van der Waals surface area contributed by atoms with Gasteiger partial charge in [0.2, 0.25) is 0 Å². The summed E-state index contributed by atoms with van der Waals surface area (Å²) in [6.07, 6.45) is -1.29. The van der Waals surface area contributed by atoms with Crippen LogP contribution in [0.3, 0.4) is 0 Å². The van der Waals surface area contributed by atoms with E-state index in [1.165, 1.54) is 18.2 Å². The SMILES string of the molecule is O=C(c1ccc(NC(=S)Nc2ccccc2C(F)(F)F)cc1)N1CCCCC1. The molecule has 28 heavy (non-hydrogen) atoms. The lowest BCUT2D eigenvalue weighted by atomic mass is 10.1. The Kier molecular flexibility index (Phi) is 6.18. The van der Waals surface area contributed by atoms with E-state index in [0.717, 1.165) is 38.4 Å². The summed E-state index contributed by atoms with van der Waals surface area (Å²) in [4.78, 5) is 14.3. The van der Waals surface area contributed by atoms with Gasteiger partial charge in [-0.25, -0.2) is 0 Å². The molecule has 1 aliphatic rings. The number of piperidine rings is 1. The summed E-state index contributed by atoms with van der Waals surface area (Å²) in [6.45, 7) is 1.54. The van der Waals surface area contributed by atoms with Gasteiger partial charge < -0.3 is 15.5 Å². The number of alkyl halides is 3. The highest BCUT2D eigenvalue weighted by molar-refractivity contribution is 7.80. The second-order valence-corrected chi connectivity index (χ2v) is 6.96. The Bertz CT molecular complexity index is 847. The first-order valence-corrected chi connectivity index (χ1v) is 9.39. The van der Waals surface area contributed by atoms with Crippen molar-refractivity contribution in [1.29, 1.82) is 0 Å². The van der Waals surface area contributed by atoms with Crippen LogP contribution < -0.4 is 10.6 Å². The molecule has 0 radical (unpaired) electrons. The molecule has 0 unspecified atom stereocenters. The van der Waals surface area contributed by atoms with Crippen molar-refractivity contribution in [3.05, 3.63) is 59.7 Å². The van der Waals surface area contributed by atoms with Crippen molar-refractivity contribution < 1.29 is 18.0 Å². The first kappa shape index (κ1) is 20.1. The number of anilines is 2. The molecule has 2 N–H and O–H groups in total. The molecule has 1 amide bonds. The third-order valence-electron chi connectivity index (χ3n) is 4.51. The van der Waals surface area contributed by atoms with Crippen LogP contribution in [0.2, 0.25) is 0 Å². The van der Waals surface area contributed by atoms with Gasteiger partial charge in [0, 0.05) is 24.3 Å². The fraction of sp³-hybridized carbons (Fsp3) is 0.300. The summed E-state index contributed by atoms with van der Waals surface area (Å²) >= 11 is 5.12. The van der Waals surface area contributed by atoms with E-state index < -0.39 is 11.7 Å². The zero-order chi connectivity index (χ0) is 20.1. The molecule has 0 atom stereocenters. The molecule has 2 aromatic carbocycles. The number of rotatable bonds is 3. The molecule has 4 nitrogen and oxygen atoms in total. The van der Waals surface area contributed by atoms with Gasteiger partial charge in [0.25, 0.3) is 5.91 Å². The minimum atomic E-state index is -4.48. The van der Waals surface area contributed by atoms with Crippen LogP contribution in [0.25, 0.3) is 0 Å². The van der Waals surface area contributed by atoms with E-state index in [1.807, 2.05) is 4.90 Å². The summed E-state index contributed by atoms with van der Waals surface area (Å²) in [5.74, 6) is -0.00828. The number of hydrogen-bond acceptors (Lipinski definition) is 2. The minimum absolute atomic E-state index is 0.00828. The van der Waals surface area contributed by atoms with Crippen LogP contribution in [-0.4, -0.2) is 29.0 Å². The molecule has 0 saturated carbocycles. The Balaban J connectivity index is 1.63. The Morgan fingerprint density at radius 1 is 0.929 bits per heavy atom. The average Bonchev–Trinajstić information content (AvgIpc) is 2.68. The van der Waals surface area contributed by atoms with Gasteiger partial charge in [-0.3, -0.25) is 4.79 Å². The first-order valence-electron chi connectivity index (χ1n) is 8.98. The maximum atomic E-state index is 13.1. The number of hydrogen-bond donors (Lipinski definition) is 2. The van der Waals surface area contributed by atoms with Gasteiger partial charge in [-0.1, -0.05) is 12.1 Å². The number of nitrogens with one attached hydrogen (secondary N) is 2. The number of halogens is 3. The minimum Gasteiger partial charge on any atom is -0.339 e. The van der Waals surface area contributed by atoms with Crippen molar-refractivity contribution in [2.75, 3.05) is 23.7 Å². The Hall–Kier alpha value is -2.61. The second-order valence-electron chi connectivity index (χ2n) is 6.55. The van der Waals surface area contributed by atoms with Gasteiger partial charge in [0.05, 0.1) is 11.3 Å². The van der Waals surface area contributed by atoms with Gasteiger partial charge >= 0.3 is 6.18 Å². The third-order valence-corrected chi connectivity index (χ3v) is 4.72. The van der Waals surface area contributed by atoms with E-state index in [1.54, 1.807) is 24.3 Å². The highest BCUT2D eigenvalue weighted by Crippen LogP contribution is 2.34. The number of amides is 1. The van der Waals surface area contributed by atoms with Crippen molar-refractivity contribution in [1.82, 2.24) is 4.90 Å². The molecule has 0 aromatic heterocycles. The Morgan fingerprint density at radius 2 is 1.57 bits per heavy atom. The summed E-state index contributed by atoms with van der Waals surface area (Å²) in [5.41, 5.74) is 0.247. The lowest BCUT2D eigenvalue weighted by Crippen LogP contribution is -2.35. The summed E-state index contributed by atoms with van der Waals surface area (Å²) in [7, 11) is 0. The molecule has 148 valence electrons. The molecule has 1 fully saturated rings. The molecular formula is C20H20F3N3OS. The van der Waals surface area contributed by atoms with E-state index in [4.69, 9.17) is 12.2 Å². The van der Waals surface area contributed by atoms with Gasteiger partial charge in [-0.05, 0) is 67.9 Å². The smallest absolute Gasteiger partial charge is 0.339 e. The van der Waals surface area contributed by atoms with Gasteiger partial charge in [0.15, 0.2) is 5.11 Å². The Morgan fingerprint density at radius 3 is 2.21 bits per heavy atom. The predicted octanol–water partition coefficient (Wildman–Crippen LogP) is 5.14. The van der Waals surface area contributed by atoms with E-state index in [2.05, 4.69) is 10.6 Å². The topological polar surface area (TPSA) is 44.4 Å². The fourth-order valence-corrected chi connectivity index (χ4v) is 3.33. The molecule has 0 spiro atoms. The summed E-state index contributed by atoms with van der Waals surface area (Å²) in [6, 6.07) is 11.9. The third kappa shape index (κ3) is 5.01. The molecule has 8 heteroatoms. The first-order chi connectivity index (χ1) is 13.3. The monoisotopic (exact) mass is 407 g/mol. The van der Waals surface area contributed by atoms with E-state index in [-0.39, 0.29) is 16.7 Å². The highest BCUT2D eigenvalue weighted by Gasteiger charge is 2.33. The zero-order valence-corrected chi connectivity index (χ0v) is 15.9. The zero-order valence-electron chi connectivity index (χ0n) is 15.1. The van der Waals surface area contributed by atoms with Crippen LogP contribution in [0.1, 0.15) is 35.2 Å². The van der Waals surface area contributed by atoms with E-state index >= 15 is 0 Å². The van der Waals surface area contributed by atoms with Crippen LogP contribution in [-0.2, 0) is 6.18 Å². The standard InChI is InChI=1S/C20H20F3N3OS/c21-20(22,23)16-6-2-3-7-17(16)25-19(28)24-15-10-8-14(9-11-15)18(27)26-12-4-1-5-13-26/h2-3,6-11H,1,4-5,12-13H2,(H2,24,25,28). The van der Waals surface area contributed by atoms with Crippen molar-refractivity contribution >= 4 is 34.6 Å². The van der Waals surface area contributed by atoms with Crippen LogP contribution >= 0.6 is 12.2 Å². The largest absolute Gasteiger partial charge is 0.418 e. The number of carbonyl (C=O) groups is 1. The summed E-state index contributed by atoms with van der Waals surface area (Å²) < 4.78 is 39.2. The quantitative estimate of drug-likeness (QED) is 0.692. The molecule has 1 aliphatic heterocycles. The van der Waals surface area contributed by atoms with Gasteiger partial charge in [0.1, 0.15) is 0 Å². The number of benzene rings is 2. The lowest BCUT2D eigenvalue weighted by Gasteiger charge is -2.26. The maximum Gasteiger partial charge on any atom is 0.418 e. The van der Waals surface area contributed by atoms with Crippen LogP contribution in [0.15, 0.2) is 48.5 Å². The number of para-hydroxylation sites is 1. The molecule has 0 bridgehead atoms. The number of carbonyl (C=O) groups excluding carboxylic acids is 1. The van der Waals surface area contributed by atoms with Gasteiger partial charge in [-0.2, -0.15) is 13.2 Å². The molecule has 1 saturated heterocycles. The maximum absolute atomic E-state index is 13.1. The number of likely N-dealkylation sites (tertiary alicyclic amines) is 1. The van der Waals surface area contributed by atoms with Crippen molar-refractivity contribution in [2.24, 2.45) is 0 Å². The van der Waals surface area contributed by atoms with E-state index in [9.17, 15) is 18.0 Å². The average molecular weight is 407 g/mol. The normalized spacial score (nSPS) is 14.5. The molecule has 1 heterocycles. The van der Waals surface area contributed by atoms with Crippen molar-refractivity contribution in [3.8, 4) is 0 Å². The highest BCUT2D eigenvalue weighted by atomic mass is 32.1. The van der Waals surface area contributed by atoms with Crippen LogP contribution in [0.5, 0.6) is 0 Å². The fourth-order valence-electron chi connectivity index (χ4n) is 3.10. The number of thiocarbonyl (C=S) groups is 1. The molecule has 3 rings (SSSR count). The van der Waals surface area contributed by atoms with Gasteiger partial charge in [-0.15, -0.1) is 0 Å². The predicted molar refractivity (Wildman–Crippen MR) is 107 cm³/mol. The lowest BCUT2D eigenvalue weighted by molar-refractivity contribution is -0.136. The second kappa shape index (κ2) is 8.60. The van der Waals surface area contributed by atoms with Crippen molar-refractivity contribution in [3.63, 3.8) is 0 Å². The van der Waals surface area contributed by atoms with Crippen LogP contribution in [0, 0.1) is 0 Å². The number of nitrogens with zero attached hydrogens (tertiary/aromatic N) is 1. The van der Waals surface area contributed by atoms with E-state index in [0.29, 0.717) is 11.3 Å². The molecule has 2 aromatic rings. The van der Waals surface area contributed by atoms with Crippen molar-refractivity contribution in [2.45, 2.75) is 25.4 Å². The molecule has 0 aliphatic carbocycles. The summed E-state index contributed by atoms with van der Waals surface area (Å²) in [5, 5.41) is 5.46. The molecular weight excluding hydrogens is 387 g/mol.